The fraction of sp³-hybridized carbons (Fsp3) is 0.518. The number of rotatable bonds is 28. The van der Waals surface area contributed by atoms with Crippen LogP contribution in [0.1, 0.15) is 106 Å². The number of aliphatic hydroxyl groups is 1. The lowest BCUT2D eigenvalue weighted by molar-refractivity contribution is -0.144. The standard InChI is InChI=1S/C83H107ClF3N13O11S4/c1-57(59-13-15-61(16-14-59)76-58(2)88-56-113-76)89-79(105)72-47-67(101)51-100(72)80(106)77(81(3,4)5)91-74(102)52-95-32-34-96(35-33-95)53-75(103)99-42-38-97(39-43-99)55-82(6)29-27-70(60-17-21-64(84)22-18-60)63(49-82)50-94-36-40-98(41-37-94)66-23-19-62(20-24-66)78(104)92-115(109,110)69-25-26-71(73(48-69)114(107,108)83(85,86)87)90-65(54-112-68-11-8-7-9-12-68)28-31-93-30-10-45-111-46-44-93/h7-9,11-26,48,56-57,65,67,72,77,90,101H,10,27-47,49-55H2,1-6H3,(H,89,105)(H,91,102)(H,92,104)/t57-,65+,67+,72-,77+,82+/m0/s1. The van der Waals surface area contributed by atoms with Gasteiger partial charge < -0.3 is 45.4 Å². The second kappa shape index (κ2) is 38.0. The lowest BCUT2D eigenvalue weighted by atomic mass is 9.71. The maximum Gasteiger partial charge on any atom is 0.501 e. The molecule has 32 heteroatoms. The zero-order valence-electron chi connectivity index (χ0n) is 66.2. The number of carbonyl (C=O) groups is 5. The van der Waals surface area contributed by atoms with Gasteiger partial charge >= 0.3 is 5.51 Å². The minimum absolute atomic E-state index is 0.0329. The monoisotopic (exact) mass is 1680 g/mol. The summed E-state index contributed by atoms with van der Waals surface area (Å²) >= 11 is 9.42. The molecule has 1 aromatic heterocycles. The highest BCUT2D eigenvalue weighted by atomic mass is 35.5. The largest absolute Gasteiger partial charge is 0.501 e. The minimum atomic E-state index is -6.12. The summed E-state index contributed by atoms with van der Waals surface area (Å²) in [5.41, 5.74) is 2.30. The number of allylic oxidation sites excluding steroid dienone is 1. The topological polar surface area (TPSA) is 270 Å². The zero-order valence-corrected chi connectivity index (χ0v) is 70.2. The summed E-state index contributed by atoms with van der Waals surface area (Å²) in [5.74, 6) is -1.77. The highest BCUT2D eigenvalue weighted by molar-refractivity contribution is 7.99. The normalized spacial score (nSPS) is 21.2. The first kappa shape index (κ1) is 86.8. The molecule has 5 amide bonds. The third-order valence-electron chi connectivity index (χ3n) is 22.8. The van der Waals surface area contributed by atoms with Gasteiger partial charge in [-0.25, -0.2) is 26.5 Å². The van der Waals surface area contributed by atoms with Crippen molar-refractivity contribution < 1.29 is 63.8 Å². The van der Waals surface area contributed by atoms with Gasteiger partial charge in [-0.15, -0.1) is 23.1 Å². The third-order valence-corrected chi connectivity index (χ3v) is 28.1. The molecule has 0 spiro atoms. The molecular formula is C83H107ClF3N13O11S4. The minimum Gasteiger partial charge on any atom is -0.391 e. The number of likely N-dealkylation sites (tertiary alicyclic amines) is 1. The van der Waals surface area contributed by atoms with E-state index in [1.165, 1.54) is 39.9 Å². The number of β-amino-alcohol motifs (C(OH)–C–C–N with tert-alkyl or cyclic N) is 1. The van der Waals surface area contributed by atoms with E-state index in [9.17, 15) is 59.1 Å². The van der Waals surface area contributed by atoms with Crippen molar-refractivity contribution in [2.45, 2.75) is 131 Å². The SMILES string of the molecule is Cc1ncsc1-c1ccc([C@H](C)NC(=O)[C@@H]2C[C@@H](O)CN2C(=O)[C@@H](NC(=O)CN2CCN(CC(=O)N3CCN(C[C@]4(C)CCC(c5ccc(Cl)cc5)=C(CN5CCN(c6ccc(C(=O)NS(=O)(=O)c7ccc(N[C@H](CCN8CCCOCC8)CSc8ccccc8)c(S(=O)(=O)C(F)(F)F)c7)cc6)CC5)C4)CC3)CC2)C(C)(C)C)cc1. The van der Waals surface area contributed by atoms with Crippen LogP contribution in [0.3, 0.4) is 0 Å². The van der Waals surface area contributed by atoms with Crippen LogP contribution in [-0.2, 0) is 43.8 Å². The van der Waals surface area contributed by atoms with Crippen LogP contribution in [0.2, 0.25) is 5.02 Å². The number of nitrogens with zero attached hydrogens (tertiary/aromatic N) is 9. The third kappa shape index (κ3) is 22.7. The van der Waals surface area contributed by atoms with Gasteiger partial charge in [0.1, 0.15) is 17.0 Å². The number of halogens is 4. The predicted octanol–water partition coefficient (Wildman–Crippen LogP) is 9.77. The summed E-state index contributed by atoms with van der Waals surface area (Å²) in [6.45, 7) is 24.6. The Balaban J connectivity index is 0.594. The number of hydrogen-bond donors (Lipinski definition) is 5. The van der Waals surface area contributed by atoms with Crippen molar-refractivity contribution in [1.82, 2.24) is 54.6 Å². The first-order valence-corrected chi connectivity index (χ1v) is 44.8. The van der Waals surface area contributed by atoms with E-state index in [4.69, 9.17) is 16.3 Å². The van der Waals surface area contributed by atoms with Gasteiger partial charge in [0.15, 0.2) is 0 Å². The van der Waals surface area contributed by atoms with Crippen molar-refractivity contribution in [3.8, 4) is 10.4 Å². The molecule has 6 atom stereocenters. The van der Waals surface area contributed by atoms with Gasteiger partial charge in [-0.05, 0) is 146 Å². The van der Waals surface area contributed by atoms with Crippen molar-refractivity contribution in [3.63, 3.8) is 0 Å². The molecule has 5 N–H and O–H groups in total. The van der Waals surface area contributed by atoms with Gasteiger partial charge in [0.05, 0.1) is 58.5 Å². The van der Waals surface area contributed by atoms with Crippen molar-refractivity contribution in [3.05, 3.63) is 160 Å². The van der Waals surface area contributed by atoms with Gasteiger partial charge in [0, 0.05) is 164 Å². The first-order valence-electron chi connectivity index (χ1n) is 39.6. The Labute approximate surface area is 686 Å². The fourth-order valence-corrected chi connectivity index (χ4v) is 20.2. The molecular weight excluding hydrogens is 1580 g/mol. The number of sulfone groups is 1. The number of piperazine rings is 3. The van der Waals surface area contributed by atoms with Crippen molar-refractivity contribution in [2.75, 3.05) is 160 Å². The second-order valence-electron chi connectivity index (χ2n) is 32.6. The molecule has 5 fully saturated rings. The Morgan fingerprint density at radius 3 is 2.08 bits per heavy atom. The number of carbonyl (C=O) groups excluding carboxylic acids is 5. The Kier molecular flexibility index (Phi) is 28.7. The Morgan fingerprint density at radius 1 is 0.757 bits per heavy atom. The highest BCUT2D eigenvalue weighted by Crippen LogP contribution is 2.45. The van der Waals surface area contributed by atoms with Crippen LogP contribution >= 0.6 is 34.7 Å². The fourth-order valence-electron chi connectivity index (χ4n) is 16.2. The number of anilines is 2. The second-order valence-corrected chi connectivity index (χ2v) is 38.6. The molecule has 12 rings (SSSR count). The Morgan fingerprint density at radius 2 is 1.42 bits per heavy atom. The number of aliphatic hydroxyl groups excluding tert-OH is 1. The molecule has 6 aliphatic rings. The molecule has 622 valence electrons. The smallest absolute Gasteiger partial charge is 0.391 e. The number of thiazole rings is 1. The number of hydrogen-bond acceptors (Lipinski definition) is 21. The van der Waals surface area contributed by atoms with Crippen LogP contribution in [-0.4, -0.2) is 270 Å². The van der Waals surface area contributed by atoms with Gasteiger partial charge in [-0.2, -0.15) is 13.2 Å². The van der Waals surface area contributed by atoms with E-state index in [2.05, 4.69) is 64.5 Å². The number of alkyl halides is 3. The van der Waals surface area contributed by atoms with E-state index >= 15 is 0 Å². The molecule has 0 radical (unpaired) electrons. The maximum absolute atomic E-state index is 14.5. The molecule has 5 saturated heterocycles. The van der Waals surface area contributed by atoms with Crippen molar-refractivity contribution >= 4 is 101 Å². The van der Waals surface area contributed by atoms with Crippen LogP contribution < -0.4 is 25.6 Å². The molecule has 1 aliphatic carbocycles. The van der Waals surface area contributed by atoms with E-state index in [0.29, 0.717) is 102 Å². The maximum atomic E-state index is 14.5. The van der Waals surface area contributed by atoms with Crippen LogP contribution in [0.4, 0.5) is 24.5 Å². The molecule has 6 aromatic rings. The lowest BCUT2D eigenvalue weighted by Crippen LogP contribution is -2.59. The number of amides is 5. The number of ether oxygens (including phenoxy) is 1. The highest BCUT2D eigenvalue weighted by Gasteiger charge is 2.49. The number of nitrogens with one attached hydrogen (secondary N) is 4. The van der Waals surface area contributed by atoms with Crippen LogP contribution in [0.5, 0.6) is 0 Å². The van der Waals surface area contributed by atoms with Gasteiger partial charge in [-0.1, -0.05) is 99.5 Å². The molecule has 0 bridgehead atoms. The van der Waals surface area contributed by atoms with E-state index in [1.54, 1.807) is 23.5 Å². The van der Waals surface area contributed by atoms with Gasteiger partial charge in [-0.3, -0.25) is 43.6 Å². The molecule has 0 unspecified atom stereocenters. The summed E-state index contributed by atoms with van der Waals surface area (Å²) in [5, 5.41) is 20.6. The molecule has 5 aromatic carbocycles. The first-order chi connectivity index (χ1) is 54.7. The number of benzene rings is 5. The summed E-state index contributed by atoms with van der Waals surface area (Å²) in [4.78, 5) is 90.9. The molecule has 115 heavy (non-hydrogen) atoms. The van der Waals surface area contributed by atoms with E-state index in [0.717, 1.165) is 121 Å². The van der Waals surface area contributed by atoms with Crippen LogP contribution in [0.25, 0.3) is 16.0 Å². The average molecular weight is 1680 g/mol. The number of aryl methyl sites for hydroxylation is 1. The van der Waals surface area contributed by atoms with Crippen LogP contribution in [0, 0.1) is 17.8 Å². The number of thioether (sulfide) groups is 1. The average Bonchev–Trinajstić information content (AvgIpc) is 1.38. The molecule has 0 saturated carbocycles. The van der Waals surface area contributed by atoms with Crippen LogP contribution in [0.15, 0.2) is 147 Å². The number of sulfonamides is 1. The van der Waals surface area contributed by atoms with E-state index < -0.39 is 82.3 Å². The van der Waals surface area contributed by atoms with E-state index in [1.807, 2.05) is 121 Å². The summed E-state index contributed by atoms with van der Waals surface area (Å²) in [7, 11) is -11.0. The van der Waals surface area contributed by atoms with E-state index in [-0.39, 0.29) is 60.8 Å². The Hall–Kier alpha value is -7.53. The molecule has 24 nitrogen and oxygen atoms in total. The lowest BCUT2D eigenvalue weighted by Gasteiger charge is -2.44. The summed E-state index contributed by atoms with van der Waals surface area (Å²) < 4.78 is 105. The molecule has 6 heterocycles. The molecule has 5 aliphatic heterocycles. The van der Waals surface area contributed by atoms with Crippen molar-refractivity contribution in [2.24, 2.45) is 10.8 Å². The Bertz CT molecular complexity index is 4630. The van der Waals surface area contributed by atoms with Gasteiger partial charge in [0.25, 0.3) is 25.8 Å². The van der Waals surface area contributed by atoms with Crippen molar-refractivity contribution in [1.29, 1.82) is 0 Å². The zero-order chi connectivity index (χ0) is 82.0. The summed E-state index contributed by atoms with van der Waals surface area (Å²) in [6, 6.07) is 31.3. The predicted molar refractivity (Wildman–Crippen MR) is 443 cm³/mol. The summed E-state index contributed by atoms with van der Waals surface area (Å²) in [6.07, 6.45) is 3.14. The number of aromatic nitrogens is 1. The van der Waals surface area contributed by atoms with Gasteiger partial charge in [0.2, 0.25) is 23.6 Å². The quantitative estimate of drug-likeness (QED) is 0.0286.